The molecule has 4 rings (SSSR count). The SMILES string of the molecule is C[C@H]1c2c(F)cccc2CCN1C(=O)c1occ2c1CCOC2. The summed E-state index contributed by atoms with van der Waals surface area (Å²) in [5.41, 5.74) is 3.48. The van der Waals surface area contributed by atoms with Gasteiger partial charge in [0.2, 0.25) is 0 Å². The number of rotatable bonds is 1. The quantitative estimate of drug-likeness (QED) is 0.811. The molecule has 4 nitrogen and oxygen atoms in total. The Labute approximate surface area is 133 Å². The van der Waals surface area contributed by atoms with Gasteiger partial charge in [-0.15, -0.1) is 0 Å². The fourth-order valence-electron chi connectivity index (χ4n) is 3.62. The van der Waals surface area contributed by atoms with Crippen LogP contribution in [0.3, 0.4) is 0 Å². The molecule has 0 radical (unpaired) electrons. The maximum absolute atomic E-state index is 14.2. The van der Waals surface area contributed by atoms with Crippen molar-refractivity contribution in [1.29, 1.82) is 0 Å². The lowest BCUT2D eigenvalue weighted by atomic mass is 9.92. The number of fused-ring (bicyclic) bond motifs is 2. The molecule has 0 spiro atoms. The number of halogens is 1. The van der Waals surface area contributed by atoms with Gasteiger partial charge >= 0.3 is 0 Å². The minimum Gasteiger partial charge on any atom is -0.458 e. The Balaban J connectivity index is 1.68. The van der Waals surface area contributed by atoms with Gasteiger partial charge in [-0.3, -0.25) is 4.79 Å². The van der Waals surface area contributed by atoms with E-state index < -0.39 is 0 Å². The monoisotopic (exact) mass is 315 g/mol. The largest absolute Gasteiger partial charge is 0.458 e. The zero-order valence-electron chi connectivity index (χ0n) is 13.0. The number of ether oxygens (including phenoxy) is 1. The molecule has 0 N–H and O–H groups in total. The molecule has 1 aromatic heterocycles. The van der Waals surface area contributed by atoms with Crippen LogP contribution in [0.25, 0.3) is 0 Å². The number of carbonyl (C=O) groups is 1. The number of furan rings is 1. The van der Waals surface area contributed by atoms with Crippen molar-refractivity contribution < 1.29 is 18.3 Å². The number of benzene rings is 1. The van der Waals surface area contributed by atoms with Gasteiger partial charge in [-0.1, -0.05) is 12.1 Å². The number of carbonyl (C=O) groups excluding carboxylic acids is 1. The second-order valence-electron chi connectivity index (χ2n) is 6.11. The predicted molar refractivity (Wildman–Crippen MR) is 81.6 cm³/mol. The van der Waals surface area contributed by atoms with Crippen molar-refractivity contribution in [1.82, 2.24) is 4.90 Å². The Morgan fingerprint density at radius 2 is 2.17 bits per heavy atom. The zero-order chi connectivity index (χ0) is 16.0. The van der Waals surface area contributed by atoms with Crippen molar-refractivity contribution in [3.63, 3.8) is 0 Å². The van der Waals surface area contributed by atoms with Crippen molar-refractivity contribution in [2.75, 3.05) is 13.2 Å². The topological polar surface area (TPSA) is 42.7 Å². The summed E-state index contributed by atoms with van der Waals surface area (Å²) in [4.78, 5) is 14.6. The molecule has 1 amide bonds. The van der Waals surface area contributed by atoms with E-state index in [0.29, 0.717) is 43.9 Å². The summed E-state index contributed by atoms with van der Waals surface area (Å²) in [6.07, 6.45) is 2.94. The van der Waals surface area contributed by atoms with E-state index in [9.17, 15) is 9.18 Å². The average molecular weight is 315 g/mol. The van der Waals surface area contributed by atoms with Gasteiger partial charge in [-0.2, -0.15) is 0 Å². The summed E-state index contributed by atoms with van der Waals surface area (Å²) in [7, 11) is 0. The number of hydrogen-bond donors (Lipinski definition) is 0. The Hall–Kier alpha value is -2.14. The number of nitrogens with zero attached hydrogens (tertiary/aromatic N) is 1. The molecule has 0 unspecified atom stereocenters. The summed E-state index contributed by atoms with van der Waals surface area (Å²) in [6, 6.07) is 4.81. The van der Waals surface area contributed by atoms with Crippen molar-refractivity contribution in [3.8, 4) is 0 Å². The van der Waals surface area contributed by atoms with Crippen LogP contribution in [-0.2, 0) is 24.2 Å². The van der Waals surface area contributed by atoms with Crippen LogP contribution in [-0.4, -0.2) is 24.0 Å². The molecule has 2 aromatic rings. The molecule has 5 heteroatoms. The van der Waals surface area contributed by atoms with Crippen LogP contribution in [0, 0.1) is 5.82 Å². The third-order valence-electron chi connectivity index (χ3n) is 4.84. The maximum atomic E-state index is 14.2. The molecule has 0 aliphatic carbocycles. The maximum Gasteiger partial charge on any atom is 0.290 e. The summed E-state index contributed by atoms with van der Waals surface area (Å²) in [6.45, 7) is 3.53. The minimum absolute atomic E-state index is 0.158. The number of hydrogen-bond acceptors (Lipinski definition) is 3. The van der Waals surface area contributed by atoms with E-state index in [2.05, 4.69) is 0 Å². The highest BCUT2D eigenvalue weighted by Crippen LogP contribution is 2.34. The standard InChI is InChI=1S/C18H18FNO3/c1-11-16-12(3-2-4-15(16)19)5-7-20(11)18(21)17-14-6-8-22-9-13(14)10-23-17/h2-4,10-11H,5-9H2,1H3/t11-/m0/s1. The molecule has 23 heavy (non-hydrogen) atoms. The molecular formula is C18H18FNO3. The van der Waals surface area contributed by atoms with Gasteiger partial charge in [-0.05, 0) is 25.0 Å². The molecule has 0 saturated carbocycles. The van der Waals surface area contributed by atoms with E-state index in [1.165, 1.54) is 6.07 Å². The van der Waals surface area contributed by atoms with Gasteiger partial charge in [0.15, 0.2) is 5.76 Å². The van der Waals surface area contributed by atoms with Gasteiger partial charge in [0.05, 0.1) is 25.5 Å². The molecule has 120 valence electrons. The van der Waals surface area contributed by atoms with Crippen LogP contribution in [0.2, 0.25) is 0 Å². The van der Waals surface area contributed by atoms with Crippen molar-refractivity contribution in [3.05, 3.63) is 58.3 Å². The first-order valence-corrected chi connectivity index (χ1v) is 7.92. The summed E-state index contributed by atoms with van der Waals surface area (Å²) < 4.78 is 25.1. The molecule has 1 aromatic carbocycles. The zero-order valence-corrected chi connectivity index (χ0v) is 13.0. The third-order valence-corrected chi connectivity index (χ3v) is 4.84. The lowest BCUT2D eigenvalue weighted by molar-refractivity contribution is 0.0637. The molecule has 3 heterocycles. The molecule has 1 atom stereocenters. The Morgan fingerprint density at radius 1 is 1.30 bits per heavy atom. The van der Waals surface area contributed by atoms with Crippen LogP contribution in [0.5, 0.6) is 0 Å². The molecule has 0 saturated heterocycles. The van der Waals surface area contributed by atoms with E-state index in [4.69, 9.17) is 9.15 Å². The molecular weight excluding hydrogens is 297 g/mol. The van der Waals surface area contributed by atoms with Gasteiger partial charge in [-0.25, -0.2) is 4.39 Å². The van der Waals surface area contributed by atoms with E-state index in [1.807, 2.05) is 13.0 Å². The second kappa shape index (κ2) is 5.49. The second-order valence-corrected chi connectivity index (χ2v) is 6.11. The van der Waals surface area contributed by atoms with Crippen molar-refractivity contribution in [2.24, 2.45) is 0 Å². The van der Waals surface area contributed by atoms with Gasteiger partial charge in [0.1, 0.15) is 5.82 Å². The van der Waals surface area contributed by atoms with E-state index in [0.717, 1.165) is 16.7 Å². The normalized spacial score (nSPS) is 20.1. The first kappa shape index (κ1) is 14.5. The summed E-state index contributed by atoms with van der Waals surface area (Å²) in [5.74, 6) is -0.0214. The lowest BCUT2D eigenvalue weighted by Crippen LogP contribution is -2.39. The highest BCUT2D eigenvalue weighted by molar-refractivity contribution is 5.93. The molecule has 0 bridgehead atoms. The Morgan fingerprint density at radius 3 is 3.04 bits per heavy atom. The highest BCUT2D eigenvalue weighted by Gasteiger charge is 2.33. The fraction of sp³-hybridized carbons (Fsp3) is 0.389. The van der Waals surface area contributed by atoms with Crippen LogP contribution in [0.15, 0.2) is 28.9 Å². The third kappa shape index (κ3) is 2.27. The van der Waals surface area contributed by atoms with E-state index in [1.54, 1.807) is 17.2 Å². The molecule has 0 fully saturated rings. The average Bonchev–Trinajstić information content (AvgIpc) is 2.98. The van der Waals surface area contributed by atoms with Crippen molar-refractivity contribution in [2.45, 2.75) is 32.4 Å². The van der Waals surface area contributed by atoms with Gasteiger partial charge in [0, 0.05) is 29.7 Å². The van der Waals surface area contributed by atoms with Gasteiger partial charge in [0.25, 0.3) is 5.91 Å². The fourth-order valence-corrected chi connectivity index (χ4v) is 3.62. The van der Waals surface area contributed by atoms with E-state index >= 15 is 0 Å². The smallest absolute Gasteiger partial charge is 0.290 e. The Kier molecular flexibility index (Phi) is 3.45. The summed E-state index contributed by atoms with van der Waals surface area (Å²) >= 11 is 0. The predicted octanol–water partition coefficient (Wildman–Crippen LogP) is 3.25. The van der Waals surface area contributed by atoms with Crippen LogP contribution >= 0.6 is 0 Å². The van der Waals surface area contributed by atoms with Gasteiger partial charge < -0.3 is 14.1 Å². The number of amides is 1. The molecule has 2 aliphatic heterocycles. The minimum atomic E-state index is -0.298. The first-order valence-electron chi connectivity index (χ1n) is 7.92. The summed E-state index contributed by atoms with van der Waals surface area (Å²) in [5, 5.41) is 0. The van der Waals surface area contributed by atoms with Crippen LogP contribution in [0.1, 0.15) is 45.8 Å². The van der Waals surface area contributed by atoms with Crippen molar-refractivity contribution >= 4 is 5.91 Å². The van der Waals surface area contributed by atoms with E-state index in [-0.39, 0.29) is 17.8 Å². The first-order chi connectivity index (χ1) is 11.2. The van der Waals surface area contributed by atoms with Crippen LogP contribution in [0.4, 0.5) is 4.39 Å². The highest BCUT2D eigenvalue weighted by atomic mass is 19.1. The van der Waals surface area contributed by atoms with Crippen LogP contribution < -0.4 is 0 Å². The Bertz CT molecular complexity index is 768. The molecule has 2 aliphatic rings. The lowest BCUT2D eigenvalue weighted by Gasteiger charge is -2.35.